The van der Waals surface area contributed by atoms with Gasteiger partial charge in [0, 0.05) is 10.9 Å². The number of benzene rings is 2. The van der Waals surface area contributed by atoms with Crippen LogP contribution in [0.2, 0.25) is 0 Å². The predicted octanol–water partition coefficient (Wildman–Crippen LogP) is 5.29. The molecule has 0 aliphatic rings. The first-order valence-electron chi connectivity index (χ1n) is 5.60. The monoisotopic (exact) mass is 348 g/mol. The van der Waals surface area contributed by atoms with Crippen LogP contribution in [0.3, 0.4) is 0 Å². The van der Waals surface area contributed by atoms with Crippen LogP contribution in [0.1, 0.15) is 5.56 Å². The van der Waals surface area contributed by atoms with Gasteiger partial charge in [0.05, 0.1) is 0 Å². The summed E-state index contributed by atoms with van der Waals surface area (Å²) in [4.78, 5) is 0. The summed E-state index contributed by atoms with van der Waals surface area (Å²) in [6, 6.07) is 9.74. The molecule has 0 radical (unpaired) electrons. The molecule has 106 valence electrons. The summed E-state index contributed by atoms with van der Waals surface area (Å²) in [6.07, 6.45) is -4.74. The molecule has 0 amide bonds. The molecular formula is C14H9BrF4O. The molecule has 0 unspecified atom stereocenters. The average molecular weight is 349 g/mol. The van der Waals surface area contributed by atoms with Gasteiger partial charge in [-0.2, -0.15) is 0 Å². The maximum Gasteiger partial charge on any atom is 0.573 e. The highest BCUT2D eigenvalue weighted by atomic mass is 79.9. The van der Waals surface area contributed by atoms with E-state index < -0.39 is 12.2 Å². The van der Waals surface area contributed by atoms with E-state index in [2.05, 4.69) is 20.7 Å². The van der Waals surface area contributed by atoms with E-state index in [1.54, 1.807) is 12.1 Å². The Balaban J connectivity index is 2.36. The molecule has 0 atom stereocenters. The second kappa shape index (κ2) is 5.83. The highest BCUT2D eigenvalue weighted by Crippen LogP contribution is 2.31. The fourth-order valence-corrected chi connectivity index (χ4v) is 2.29. The van der Waals surface area contributed by atoms with Crippen LogP contribution in [0, 0.1) is 5.82 Å². The van der Waals surface area contributed by atoms with Crippen molar-refractivity contribution in [2.45, 2.75) is 11.7 Å². The third kappa shape index (κ3) is 3.50. The first kappa shape index (κ1) is 14.8. The van der Waals surface area contributed by atoms with Crippen LogP contribution in [-0.4, -0.2) is 6.36 Å². The molecule has 0 saturated carbocycles. The summed E-state index contributed by atoms with van der Waals surface area (Å²) in [7, 11) is 0. The van der Waals surface area contributed by atoms with E-state index in [4.69, 9.17) is 0 Å². The van der Waals surface area contributed by atoms with Gasteiger partial charge in [-0.3, -0.25) is 0 Å². The zero-order valence-corrected chi connectivity index (χ0v) is 11.6. The first-order chi connectivity index (χ1) is 9.40. The lowest BCUT2D eigenvalue weighted by Crippen LogP contribution is -2.16. The molecule has 20 heavy (non-hydrogen) atoms. The van der Waals surface area contributed by atoms with Crippen molar-refractivity contribution >= 4 is 15.9 Å². The highest BCUT2D eigenvalue weighted by Gasteiger charge is 2.31. The van der Waals surface area contributed by atoms with Crippen molar-refractivity contribution in [3.05, 3.63) is 53.8 Å². The van der Waals surface area contributed by atoms with Gasteiger partial charge in [0.15, 0.2) is 0 Å². The Labute approximate surface area is 121 Å². The molecule has 0 bridgehead atoms. The highest BCUT2D eigenvalue weighted by molar-refractivity contribution is 9.08. The fraction of sp³-hybridized carbons (Fsp3) is 0.143. The second-order valence-electron chi connectivity index (χ2n) is 3.98. The number of halogens is 5. The summed E-state index contributed by atoms with van der Waals surface area (Å²) in [5, 5.41) is 0.445. The Hall–Kier alpha value is -1.56. The summed E-state index contributed by atoms with van der Waals surface area (Å²) in [5.41, 5.74) is 1.57. The van der Waals surface area contributed by atoms with Crippen molar-refractivity contribution in [3.63, 3.8) is 0 Å². The molecule has 0 aromatic heterocycles. The minimum atomic E-state index is -4.74. The van der Waals surface area contributed by atoms with E-state index in [0.717, 1.165) is 17.7 Å². The van der Waals surface area contributed by atoms with Gasteiger partial charge in [0.1, 0.15) is 11.6 Å². The molecule has 0 saturated heterocycles. The van der Waals surface area contributed by atoms with Crippen LogP contribution in [0.4, 0.5) is 17.6 Å². The van der Waals surface area contributed by atoms with Crippen molar-refractivity contribution in [1.82, 2.24) is 0 Å². The van der Waals surface area contributed by atoms with Gasteiger partial charge >= 0.3 is 6.36 Å². The fourth-order valence-electron chi connectivity index (χ4n) is 1.83. The largest absolute Gasteiger partial charge is 0.573 e. The standard InChI is InChI=1S/C14H9BrF4O/c15-8-10-2-1-3-12(16)13(10)9-4-6-11(7-5-9)20-14(17,18)19/h1-7H,8H2. The van der Waals surface area contributed by atoms with Gasteiger partial charge in [-0.15, -0.1) is 13.2 Å². The van der Waals surface area contributed by atoms with Gasteiger partial charge in [0.2, 0.25) is 0 Å². The summed E-state index contributed by atoms with van der Waals surface area (Å²) in [5.74, 6) is -0.760. The molecule has 0 aliphatic carbocycles. The summed E-state index contributed by atoms with van der Waals surface area (Å²) >= 11 is 3.25. The topological polar surface area (TPSA) is 9.23 Å². The molecule has 2 aromatic carbocycles. The van der Waals surface area contributed by atoms with Gasteiger partial charge in [-0.1, -0.05) is 40.2 Å². The molecule has 0 N–H and O–H groups in total. The summed E-state index contributed by atoms with van der Waals surface area (Å²) < 4.78 is 53.8. The van der Waals surface area contributed by atoms with Gasteiger partial charge < -0.3 is 4.74 Å². The van der Waals surface area contributed by atoms with E-state index in [-0.39, 0.29) is 5.75 Å². The van der Waals surface area contributed by atoms with E-state index in [0.29, 0.717) is 16.5 Å². The van der Waals surface area contributed by atoms with Crippen molar-refractivity contribution in [2.24, 2.45) is 0 Å². The zero-order valence-electron chi connectivity index (χ0n) is 10.0. The van der Waals surface area contributed by atoms with Crippen LogP contribution in [0.5, 0.6) is 5.75 Å². The van der Waals surface area contributed by atoms with E-state index in [1.165, 1.54) is 18.2 Å². The number of rotatable bonds is 3. The molecule has 2 aromatic rings. The Morgan fingerprint density at radius 2 is 1.65 bits per heavy atom. The van der Waals surface area contributed by atoms with Crippen molar-refractivity contribution in [2.75, 3.05) is 0 Å². The maximum atomic E-state index is 13.9. The molecule has 0 fully saturated rings. The molecule has 0 heterocycles. The normalized spacial score (nSPS) is 11.4. The van der Waals surface area contributed by atoms with Gasteiger partial charge in [0.25, 0.3) is 0 Å². The predicted molar refractivity (Wildman–Crippen MR) is 71.2 cm³/mol. The second-order valence-corrected chi connectivity index (χ2v) is 4.54. The lowest BCUT2D eigenvalue weighted by molar-refractivity contribution is -0.274. The lowest BCUT2D eigenvalue weighted by Gasteiger charge is -2.11. The van der Waals surface area contributed by atoms with Crippen molar-refractivity contribution in [3.8, 4) is 16.9 Å². The van der Waals surface area contributed by atoms with Crippen LogP contribution in [0.25, 0.3) is 11.1 Å². The molecular weight excluding hydrogens is 340 g/mol. The third-order valence-corrected chi connectivity index (χ3v) is 3.22. The van der Waals surface area contributed by atoms with Crippen LogP contribution in [0.15, 0.2) is 42.5 Å². The van der Waals surface area contributed by atoms with Gasteiger partial charge in [-0.25, -0.2) is 4.39 Å². The number of hydrogen-bond donors (Lipinski definition) is 0. The molecule has 2 rings (SSSR count). The Kier molecular flexibility index (Phi) is 4.32. The van der Waals surface area contributed by atoms with E-state index in [9.17, 15) is 17.6 Å². The van der Waals surface area contributed by atoms with Gasteiger partial charge in [-0.05, 0) is 29.3 Å². The first-order valence-corrected chi connectivity index (χ1v) is 6.72. The minimum absolute atomic E-state index is 0.335. The lowest BCUT2D eigenvalue weighted by atomic mass is 10.00. The maximum absolute atomic E-state index is 13.9. The average Bonchev–Trinajstić information content (AvgIpc) is 2.38. The van der Waals surface area contributed by atoms with Crippen LogP contribution >= 0.6 is 15.9 Å². The molecule has 1 nitrogen and oxygen atoms in total. The Morgan fingerprint density at radius 1 is 1.00 bits per heavy atom. The number of alkyl halides is 4. The Bertz CT molecular complexity index is 593. The van der Waals surface area contributed by atoms with Crippen LogP contribution < -0.4 is 4.74 Å². The third-order valence-electron chi connectivity index (χ3n) is 2.62. The molecule has 0 aliphatic heterocycles. The minimum Gasteiger partial charge on any atom is -0.406 e. The number of ether oxygens (including phenoxy) is 1. The Morgan fingerprint density at radius 3 is 2.20 bits per heavy atom. The quantitative estimate of drug-likeness (QED) is 0.541. The van der Waals surface area contributed by atoms with Crippen molar-refractivity contribution in [1.29, 1.82) is 0 Å². The zero-order chi connectivity index (χ0) is 14.8. The van der Waals surface area contributed by atoms with Crippen LogP contribution in [-0.2, 0) is 5.33 Å². The van der Waals surface area contributed by atoms with Crippen molar-refractivity contribution < 1.29 is 22.3 Å². The molecule has 0 spiro atoms. The molecule has 6 heteroatoms. The smallest absolute Gasteiger partial charge is 0.406 e. The number of hydrogen-bond acceptors (Lipinski definition) is 1. The SMILES string of the molecule is Fc1cccc(CBr)c1-c1ccc(OC(F)(F)F)cc1. The van der Waals surface area contributed by atoms with E-state index >= 15 is 0 Å². The summed E-state index contributed by atoms with van der Waals surface area (Å²) in [6.45, 7) is 0. The van der Waals surface area contributed by atoms with E-state index in [1.807, 2.05) is 0 Å².